The van der Waals surface area contributed by atoms with Gasteiger partial charge in [0.05, 0.1) is 17.9 Å². The van der Waals surface area contributed by atoms with E-state index < -0.39 is 5.97 Å². The monoisotopic (exact) mass is 255 g/mol. The van der Waals surface area contributed by atoms with Crippen molar-refractivity contribution in [3.05, 3.63) is 0 Å². The van der Waals surface area contributed by atoms with Crippen LogP contribution in [0.2, 0.25) is 0 Å². The number of carbonyl (C=O) groups is 1. The van der Waals surface area contributed by atoms with Crippen LogP contribution >= 0.6 is 11.8 Å². The maximum Gasteiger partial charge on any atom is 0.303 e. The Morgan fingerprint density at radius 3 is 2.65 bits per heavy atom. The molecule has 1 saturated carbocycles. The molecule has 3 nitrogen and oxygen atoms in total. The van der Waals surface area contributed by atoms with Crippen molar-refractivity contribution >= 4 is 17.7 Å². The van der Waals surface area contributed by atoms with Gasteiger partial charge in [-0.2, -0.15) is 17.0 Å². The Labute approximate surface area is 108 Å². The maximum atomic E-state index is 10.7. The second-order valence-electron chi connectivity index (χ2n) is 5.72. The van der Waals surface area contributed by atoms with E-state index in [9.17, 15) is 4.79 Å². The highest BCUT2D eigenvalue weighted by Crippen LogP contribution is 2.51. The summed E-state index contributed by atoms with van der Waals surface area (Å²) < 4.78 is 0. The van der Waals surface area contributed by atoms with Gasteiger partial charge in [0, 0.05) is 0 Å². The van der Waals surface area contributed by atoms with Crippen LogP contribution in [-0.4, -0.2) is 22.6 Å². The van der Waals surface area contributed by atoms with E-state index >= 15 is 0 Å². The smallest absolute Gasteiger partial charge is 0.303 e. The molecule has 0 aromatic carbocycles. The van der Waals surface area contributed by atoms with Crippen molar-refractivity contribution < 1.29 is 9.90 Å². The second kappa shape index (κ2) is 5.77. The minimum Gasteiger partial charge on any atom is -0.481 e. The minimum absolute atomic E-state index is 0.0985. The number of thioether (sulfide) groups is 1. The van der Waals surface area contributed by atoms with Gasteiger partial charge >= 0.3 is 5.97 Å². The van der Waals surface area contributed by atoms with E-state index in [1.807, 2.05) is 25.6 Å². The lowest BCUT2D eigenvalue weighted by atomic mass is 9.90. The van der Waals surface area contributed by atoms with Crippen LogP contribution in [0.3, 0.4) is 0 Å². The van der Waals surface area contributed by atoms with Gasteiger partial charge in [0.25, 0.3) is 0 Å². The van der Waals surface area contributed by atoms with Crippen LogP contribution in [0.5, 0.6) is 0 Å². The molecule has 0 bridgehead atoms. The Hall–Kier alpha value is -0.690. The molecule has 17 heavy (non-hydrogen) atoms. The highest BCUT2D eigenvalue weighted by molar-refractivity contribution is 7.99. The highest BCUT2D eigenvalue weighted by Gasteiger charge is 2.43. The van der Waals surface area contributed by atoms with Crippen LogP contribution in [-0.2, 0) is 4.79 Å². The zero-order valence-corrected chi connectivity index (χ0v) is 11.5. The number of carboxylic acid groups (broad SMARTS) is 1. The Morgan fingerprint density at radius 2 is 2.18 bits per heavy atom. The number of nitrogens with zero attached hydrogens (tertiary/aromatic N) is 1. The average Bonchev–Trinajstić information content (AvgIpc) is 2.96. The van der Waals surface area contributed by atoms with Crippen LogP contribution in [0.4, 0.5) is 0 Å². The molecule has 1 fully saturated rings. The Bertz CT molecular complexity index is 316. The summed E-state index contributed by atoms with van der Waals surface area (Å²) in [5, 5.41) is 17.7. The van der Waals surface area contributed by atoms with Crippen LogP contribution in [0.25, 0.3) is 0 Å². The Balaban J connectivity index is 2.09. The molecule has 0 radical (unpaired) electrons. The van der Waals surface area contributed by atoms with Crippen LogP contribution in [0.1, 0.15) is 46.0 Å². The topological polar surface area (TPSA) is 61.1 Å². The number of nitriles is 1. The first-order valence-electron chi connectivity index (χ1n) is 6.10. The first-order valence-corrected chi connectivity index (χ1v) is 7.25. The summed E-state index contributed by atoms with van der Waals surface area (Å²) in [6.07, 6.45) is 4.41. The third-order valence-electron chi connectivity index (χ3n) is 3.28. The van der Waals surface area contributed by atoms with Crippen molar-refractivity contribution in [1.29, 1.82) is 5.26 Å². The lowest BCUT2D eigenvalue weighted by molar-refractivity contribution is -0.138. The highest BCUT2D eigenvalue weighted by atomic mass is 32.2. The van der Waals surface area contributed by atoms with E-state index in [1.54, 1.807) is 0 Å². The summed E-state index contributed by atoms with van der Waals surface area (Å²) >= 11 is 1.84. The molecule has 0 saturated heterocycles. The van der Waals surface area contributed by atoms with E-state index in [2.05, 4.69) is 6.07 Å². The molecule has 4 heteroatoms. The van der Waals surface area contributed by atoms with Gasteiger partial charge in [-0.1, -0.05) is 0 Å². The molecule has 1 N–H and O–H groups in total. The van der Waals surface area contributed by atoms with Gasteiger partial charge in [0.15, 0.2) is 0 Å². The molecule has 1 aliphatic carbocycles. The first-order chi connectivity index (χ1) is 7.89. The van der Waals surface area contributed by atoms with E-state index in [0.29, 0.717) is 6.42 Å². The number of carboxylic acids is 1. The Morgan fingerprint density at radius 1 is 1.53 bits per heavy atom. The van der Waals surface area contributed by atoms with Crippen molar-refractivity contribution in [3.8, 4) is 6.07 Å². The molecule has 0 amide bonds. The van der Waals surface area contributed by atoms with Gasteiger partial charge < -0.3 is 5.11 Å². The lowest BCUT2D eigenvalue weighted by Gasteiger charge is -2.15. The van der Waals surface area contributed by atoms with Crippen molar-refractivity contribution in [2.24, 2.45) is 10.8 Å². The molecular formula is C13H21NO2S. The summed E-state index contributed by atoms with van der Waals surface area (Å²) in [6.45, 7) is 3.93. The lowest BCUT2D eigenvalue weighted by Crippen LogP contribution is -2.12. The van der Waals surface area contributed by atoms with Crippen molar-refractivity contribution in [1.82, 2.24) is 0 Å². The molecule has 0 spiro atoms. The van der Waals surface area contributed by atoms with Crippen LogP contribution in [0.15, 0.2) is 0 Å². The number of rotatable bonds is 8. The molecule has 0 unspecified atom stereocenters. The molecule has 0 atom stereocenters. The summed E-state index contributed by atoms with van der Waals surface area (Å²) in [4.78, 5) is 10.7. The standard InChI is InChI=1S/C13H21NO2S/c1-12(2,9-14)4-3-7-17-10-13(5-6-13)8-11(15)16/h3-8,10H2,1-2H3,(H,15,16). The van der Waals surface area contributed by atoms with Crippen LogP contribution in [0, 0.1) is 22.2 Å². The normalized spacial score (nSPS) is 17.5. The van der Waals surface area contributed by atoms with E-state index in [-0.39, 0.29) is 10.8 Å². The van der Waals surface area contributed by atoms with E-state index in [4.69, 9.17) is 10.4 Å². The molecule has 1 rings (SSSR count). The number of aliphatic carboxylic acids is 1. The quantitative estimate of drug-likeness (QED) is 0.676. The Kier molecular flexibility index (Phi) is 4.88. The third kappa shape index (κ3) is 5.45. The fourth-order valence-electron chi connectivity index (χ4n) is 1.83. The SMILES string of the molecule is CC(C)(C#N)CCCSCC1(CC(=O)O)CC1. The van der Waals surface area contributed by atoms with E-state index in [0.717, 1.165) is 37.2 Å². The predicted octanol–water partition coefficient (Wildman–Crippen LogP) is 3.30. The average molecular weight is 255 g/mol. The van der Waals surface area contributed by atoms with E-state index in [1.165, 1.54) is 0 Å². The van der Waals surface area contributed by atoms with Crippen molar-refractivity contribution in [2.45, 2.75) is 46.0 Å². The largest absolute Gasteiger partial charge is 0.481 e. The van der Waals surface area contributed by atoms with Gasteiger partial charge in [-0.3, -0.25) is 4.79 Å². The number of hydrogen-bond donors (Lipinski definition) is 1. The summed E-state index contributed by atoms with van der Waals surface area (Å²) in [5.74, 6) is 1.33. The maximum absolute atomic E-state index is 10.7. The summed E-state index contributed by atoms with van der Waals surface area (Å²) in [5.41, 5.74) is -0.125. The molecule has 1 aliphatic rings. The third-order valence-corrected chi connectivity index (χ3v) is 4.68. The summed E-state index contributed by atoms with van der Waals surface area (Å²) in [7, 11) is 0. The minimum atomic E-state index is -0.672. The first kappa shape index (κ1) is 14.4. The molecule has 0 aromatic heterocycles. The van der Waals surface area contributed by atoms with Gasteiger partial charge in [0.1, 0.15) is 0 Å². The number of hydrogen-bond acceptors (Lipinski definition) is 3. The van der Waals surface area contributed by atoms with Gasteiger partial charge in [0.2, 0.25) is 0 Å². The molecule has 0 heterocycles. The molecule has 0 aliphatic heterocycles. The fourth-order valence-corrected chi connectivity index (χ4v) is 3.15. The van der Waals surface area contributed by atoms with Crippen molar-refractivity contribution in [3.63, 3.8) is 0 Å². The van der Waals surface area contributed by atoms with Crippen LogP contribution < -0.4 is 0 Å². The molecule has 0 aromatic rings. The van der Waals surface area contributed by atoms with Gasteiger partial charge in [-0.15, -0.1) is 0 Å². The zero-order valence-electron chi connectivity index (χ0n) is 10.7. The van der Waals surface area contributed by atoms with Crippen molar-refractivity contribution in [2.75, 3.05) is 11.5 Å². The van der Waals surface area contributed by atoms with Gasteiger partial charge in [-0.25, -0.2) is 0 Å². The van der Waals surface area contributed by atoms with Gasteiger partial charge in [-0.05, 0) is 56.5 Å². The zero-order chi connectivity index (χ0) is 12.9. The molecule has 96 valence electrons. The predicted molar refractivity (Wildman–Crippen MR) is 69.9 cm³/mol. The molecular weight excluding hydrogens is 234 g/mol. The summed E-state index contributed by atoms with van der Waals surface area (Å²) in [6, 6.07) is 2.30. The second-order valence-corrected chi connectivity index (χ2v) is 6.83. The fraction of sp³-hybridized carbons (Fsp3) is 0.846.